The first-order valence-corrected chi connectivity index (χ1v) is 12.4. The summed E-state index contributed by atoms with van der Waals surface area (Å²) >= 11 is 1.34. The number of nitrogens with one attached hydrogen (secondary N) is 1. The highest BCUT2D eigenvalue weighted by molar-refractivity contribution is 7.99. The molecule has 6 nitrogen and oxygen atoms in total. The van der Waals surface area contributed by atoms with Crippen LogP contribution in [0.5, 0.6) is 5.75 Å². The number of ether oxygens (including phenoxy) is 1. The lowest BCUT2D eigenvalue weighted by Crippen LogP contribution is -2.36. The molecule has 0 saturated carbocycles. The standard InChI is InChI=1S/C22H22N2O4S2/c1-28-17-7-8-18-19(15-5-3-2-4-6-15)12-22(24-20(18)11-17)29-13-21(25)23-16-9-10-30(26,27)14-16/h2-8,11-12,16H,9-10,13-14H2,1H3,(H,23,25)/t16-/m0/s1. The molecule has 30 heavy (non-hydrogen) atoms. The average Bonchev–Trinajstić information content (AvgIpc) is 3.09. The van der Waals surface area contributed by atoms with E-state index in [0.717, 1.165) is 32.8 Å². The van der Waals surface area contributed by atoms with Crippen LogP contribution in [0.1, 0.15) is 6.42 Å². The topological polar surface area (TPSA) is 85.4 Å². The summed E-state index contributed by atoms with van der Waals surface area (Å²) < 4.78 is 28.5. The number of sulfone groups is 1. The Morgan fingerprint density at radius 3 is 2.70 bits per heavy atom. The molecular weight excluding hydrogens is 420 g/mol. The second-order valence-electron chi connectivity index (χ2n) is 7.21. The molecule has 0 radical (unpaired) electrons. The zero-order valence-electron chi connectivity index (χ0n) is 16.5. The number of aromatic nitrogens is 1. The van der Waals surface area contributed by atoms with Crippen LogP contribution in [-0.2, 0) is 14.6 Å². The molecule has 1 N–H and O–H groups in total. The summed E-state index contributed by atoms with van der Waals surface area (Å²) in [6.45, 7) is 0. The zero-order chi connectivity index (χ0) is 21.1. The summed E-state index contributed by atoms with van der Waals surface area (Å²) in [5.41, 5.74) is 2.89. The quantitative estimate of drug-likeness (QED) is 0.590. The Hall–Kier alpha value is -2.58. The Morgan fingerprint density at radius 2 is 2.00 bits per heavy atom. The largest absolute Gasteiger partial charge is 0.497 e. The number of amides is 1. The van der Waals surface area contributed by atoms with E-state index in [2.05, 4.69) is 5.32 Å². The predicted molar refractivity (Wildman–Crippen MR) is 120 cm³/mol. The lowest BCUT2D eigenvalue weighted by molar-refractivity contribution is -0.119. The van der Waals surface area contributed by atoms with E-state index in [1.807, 2.05) is 54.6 Å². The van der Waals surface area contributed by atoms with Crippen molar-refractivity contribution in [1.29, 1.82) is 0 Å². The Morgan fingerprint density at radius 1 is 1.20 bits per heavy atom. The molecule has 3 aromatic rings. The Labute approximate surface area is 180 Å². The first-order valence-electron chi connectivity index (χ1n) is 9.60. The van der Waals surface area contributed by atoms with Crippen molar-refractivity contribution in [2.24, 2.45) is 0 Å². The third-order valence-electron chi connectivity index (χ3n) is 5.03. The molecule has 2 heterocycles. The molecular formula is C22H22N2O4S2. The smallest absolute Gasteiger partial charge is 0.230 e. The van der Waals surface area contributed by atoms with E-state index < -0.39 is 9.84 Å². The number of carbonyl (C=O) groups is 1. The van der Waals surface area contributed by atoms with Gasteiger partial charge in [0.05, 0.1) is 34.9 Å². The van der Waals surface area contributed by atoms with E-state index in [0.29, 0.717) is 6.42 Å². The van der Waals surface area contributed by atoms with Crippen LogP contribution in [0.3, 0.4) is 0 Å². The van der Waals surface area contributed by atoms with Gasteiger partial charge in [0.15, 0.2) is 9.84 Å². The van der Waals surface area contributed by atoms with Crippen LogP contribution in [0, 0.1) is 0 Å². The van der Waals surface area contributed by atoms with Crippen molar-refractivity contribution in [3.63, 3.8) is 0 Å². The van der Waals surface area contributed by atoms with Crippen LogP contribution in [-0.4, -0.2) is 49.7 Å². The van der Waals surface area contributed by atoms with Crippen LogP contribution in [0.15, 0.2) is 59.6 Å². The van der Waals surface area contributed by atoms with E-state index in [1.54, 1.807) is 7.11 Å². The van der Waals surface area contributed by atoms with Gasteiger partial charge in [-0.3, -0.25) is 4.79 Å². The van der Waals surface area contributed by atoms with Gasteiger partial charge >= 0.3 is 0 Å². The van der Waals surface area contributed by atoms with Crippen molar-refractivity contribution >= 4 is 38.4 Å². The highest BCUT2D eigenvalue weighted by Gasteiger charge is 2.28. The van der Waals surface area contributed by atoms with Gasteiger partial charge in [-0.15, -0.1) is 0 Å². The average molecular weight is 443 g/mol. The number of carbonyl (C=O) groups excluding carboxylic acids is 1. The van der Waals surface area contributed by atoms with Gasteiger partial charge in [0.25, 0.3) is 0 Å². The van der Waals surface area contributed by atoms with Gasteiger partial charge in [-0.2, -0.15) is 0 Å². The molecule has 0 aliphatic carbocycles. The minimum atomic E-state index is -3.02. The Balaban J connectivity index is 1.57. The van der Waals surface area contributed by atoms with E-state index >= 15 is 0 Å². The maximum Gasteiger partial charge on any atom is 0.230 e. The van der Waals surface area contributed by atoms with E-state index in [4.69, 9.17) is 9.72 Å². The maximum atomic E-state index is 12.3. The molecule has 4 rings (SSSR count). The van der Waals surface area contributed by atoms with Crippen molar-refractivity contribution < 1.29 is 17.9 Å². The van der Waals surface area contributed by atoms with Crippen LogP contribution in [0.25, 0.3) is 22.0 Å². The van der Waals surface area contributed by atoms with Crippen molar-refractivity contribution in [1.82, 2.24) is 10.3 Å². The van der Waals surface area contributed by atoms with E-state index in [1.165, 1.54) is 11.8 Å². The number of fused-ring (bicyclic) bond motifs is 1. The minimum Gasteiger partial charge on any atom is -0.497 e. The van der Waals surface area contributed by atoms with Gasteiger partial charge in [0.2, 0.25) is 5.91 Å². The van der Waals surface area contributed by atoms with Crippen LogP contribution >= 0.6 is 11.8 Å². The van der Waals surface area contributed by atoms with Crippen LogP contribution in [0.4, 0.5) is 0 Å². The van der Waals surface area contributed by atoms with Gasteiger partial charge in [-0.05, 0) is 35.7 Å². The molecule has 0 spiro atoms. The highest BCUT2D eigenvalue weighted by atomic mass is 32.2. The third-order valence-corrected chi connectivity index (χ3v) is 7.71. The first-order chi connectivity index (χ1) is 14.4. The molecule has 8 heteroatoms. The Bertz CT molecular complexity index is 1180. The Kier molecular flexibility index (Phi) is 5.97. The minimum absolute atomic E-state index is 0.0234. The summed E-state index contributed by atoms with van der Waals surface area (Å²) in [6, 6.07) is 17.5. The van der Waals surface area contributed by atoms with Crippen molar-refractivity contribution in [3.8, 4) is 16.9 Å². The number of benzene rings is 2. The van der Waals surface area contributed by atoms with E-state index in [-0.39, 0.29) is 29.2 Å². The molecule has 1 aliphatic rings. The molecule has 1 aliphatic heterocycles. The number of rotatable bonds is 6. The van der Waals surface area contributed by atoms with E-state index in [9.17, 15) is 13.2 Å². The first kappa shape index (κ1) is 20.7. The molecule has 156 valence electrons. The normalized spacial score (nSPS) is 17.7. The van der Waals surface area contributed by atoms with Crippen molar-refractivity contribution in [2.45, 2.75) is 17.5 Å². The molecule has 0 bridgehead atoms. The number of thioether (sulfide) groups is 1. The highest BCUT2D eigenvalue weighted by Crippen LogP contribution is 2.33. The van der Waals surface area contributed by atoms with Crippen molar-refractivity contribution in [3.05, 3.63) is 54.6 Å². The monoisotopic (exact) mass is 442 g/mol. The summed E-state index contributed by atoms with van der Waals surface area (Å²) in [7, 11) is -1.40. The fourth-order valence-electron chi connectivity index (χ4n) is 3.56. The molecule has 1 fully saturated rings. The molecule has 1 aromatic heterocycles. The molecule has 2 aromatic carbocycles. The number of nitrogens with zero attached hydrogens (tertiary/aromatic N) is 1. The lowest BCUT2D eigenvalue weighted by Gasteiger charge is -2.12. The lowest BCUT2D eigenvalue weighted by atomic mass is 10.0. The van der Waals surface area contributed by atoms with Crippen LogP contribution in [0.2, 0.25) is 0 Å². The van der Waals surface area contributed by atoms with Gasteiger partial charge in [-0.1, -0.05) is 42.1 Å². The van der Waals surface area contributed by atoms with Gasteiger partial charge in [-0.25, -0.2) is 13.4 Å². The molecule has 1 amide bonds. The second-order valence-corrected chi connectivity index (χ2v) is 10.4. The van der Waals surface area contributed by atoms with Crippen LogP contribution < -0.4 is 10.1 Å². The fraction of sp³-hybridized carbons (Fsp3) is 0.273. The number of pyridine rings is 1. The third kappa shape index (κ3) is 4.76. The summed E-state index contributed by atoms with van der Waals surface area (Å²) in [4.78, 5) is 17.0. The second kappa shape index (κ2) is 8.65. The van der Waals surface area contributed by atoms with Crippen molar-refractivity contribution in [2.75, 3.05) is 24.4 Å². The number of hydrogen-bond acceptors (Lipinski definition) is 6. The summed E-state index contributed by atoms with van der Waals surface area (Å²) in [5.74, 6) is 0.870. The predicted octanol–water partition coefficient (Wildman–Crippen LogP) is 3.31. The van der Waals surface area contributed by atoms with Gasteiger partial charge < -0.3 is 10.1 Å². The molecule has 1 atom stereocenters. The number of methoxy groups -OCH3 is 1. The fourth-order valence-corrected chi connectivity index (χ4v) is 5.96. The van der Waals surface area contributed by atoms with Gasteiger partial charge in [0.1, 0.15) is 5.75 Å². The molecule has 1 saturated heterocycles. The number of hydrogen-bond donors (Lipinski definition) is 1. The molecule has 0 unspecified atom stereocenters. The zero-order valence-corrected chi connectivity index (χ0v) is 18.1. The SMILES string of the molecule is COc1ccc2c(-c3ccccc3)cc(SCC(=O)N[C@H]3CCS(=O)(=O)C3)nc2c1. The summed E-state index contributed by atoms with van der Waals surface area (Å²) in [5, 5.41) is 4.55. The summed E-state index contributed by atoms with van der Waals surface area (Å²) in [6.07, 6.45) is 0.477. The maximum absolute atomic E-state index is 12.3. The van der Waals surface area contributed by atoms with Gasteiger partial charge in [0, 0.05) is 17.5 Å².